The van der Waals surface area contributed by atoms with Gasteiger partial charge < -0.3 is 0 Å². The molecule has 0 atom stereocenters. The number of halogens is 4. The molecule has 0 aliphatic heterocycles. The van der Waals surface area contributed by atoms with Gasteiger partial charge in [0, 0.05) is 5.02 Å². The van der Waals surface area contributed by atoms with E-state index in [0.29, 0.717) is 0 Å². The normalized spacial score (nSPS) is 14.5. The van der Waals surface area contributed by atoms with Crippen LogP contribution in [-0.4, -0.2) is 8.42 Å². The lowest BCUT2D eigenvalue weighted by Crippen LogP contribution is -2.02. The number of rotatable bonds is 2. The van der Waals surface area contributed by atoms with Crippen molar-refractivity contribution >= 4 is 56.2 Å². The molecule has 0 amide bonds. The highest BCUT2D eigenvalue weighted by Crippen LogP contribution is 2.34. The van der Waals surface area contributed by atoms with Crippen LogP contribution >= 0.6 is 46.4 Å². The van der Waals surface area contributed by atoms with Crippen molar-refractivity contribution in [3.8, 4) is 0 Å². The molecule has 0 aromatic heterocycles. The third-order valence-electron chi connectivity index (χ3n) is 2.10. The maximum absolute atomic E-state index is 12.7. The van der Waals surface area contributed by atoms with Crippen LogP contribution in [0.2, 0.25) is 20.1 Å². The molecule has 19 heavy (non-hydrogen) atoms. The van der Waals surface area contributed by atoms with Crippen LogP contribution in [0, 0.1) is 0 Å². The predicted molar refractivity (Wildman–Crippen MR) is 78.4 cm³/mol. The predicted octanol–water partition coefficient (Wildman–Crippen LogP) is 5.13. The summed E-state index contributed by atoms with van der Waals surface area (Å²) in [6, 6.07) is -0.811. The first-order valence-corrected chi connectivity index (χ1v) is 7.65. The second-order valence-corrected chi connectivity index (χ2v) is 6.80. The minimum atomic E-state index is -4.48. The fraction of sp³-hybridized carbons (Fsp3) is 0. The molecular formula is C12H6Cl4O2S. The SMILES string of the molecule is [2H]c1c([2H])c(S(=O)(=O)c2cc(Cl)c(Cl)cc2Cl)c([2H])c([2H])c1Cl. The summed E-state index contributed by atoms with van der Waals surface area (Å²) in [7, 11) is -4.48. The summed E-state index contributed by atoms with van der Waals surface area (Å²) in [5, 5.41) is -0.782. The van der Waals surface area contributed by atoms with Crippen molar-refractivity contribution in [3.05, 3.63) is 56.4 Å². The van der Waals surface area contributed by atoms with Gasteiger partial charge in [-0.3, -0.25) is 0 Å². The van der Waals surface area contributed by atoms with Gasteiger partial charge in [-0.2, -0.15) is 0 Å². The molecule has 0 aliphatic carbocycles. The molecule has 0 N–H and O–H groups in total. The molecule has 0 unspecified atom stereocenters. The van der Waals surface area contributed by atoms with Crippen molar-refractivity contribution in [1.29, 1.82) is 0 Å². The number of hydrogen-bond donors (Lipinski definition) is 0. The molecule has 2 nitrogen and oxygen atoms in total. The summed E-state index contributed by atoms with van der Waals surface area (Å²) >= 11 is 23.1. The zero-order chi connectivity index (χ0) is 17.7. The van der Waals surface area contributed by atoms with E-state index < -0.39 is 48.8 Å². The van der Waals surface area contributed by atoms with Crippen LogP contribution in [0.25, 0.3) is 0 Å². The summed E-state index contributed by atoms with van der Waals surface area (Å²) in [6.07, 6.45) is 0. The van der Waals surface area contributed by atoms with Crippen molar-refractivity contribution in [2.24, 2.45) is 0 Å². The summed E-state index contributed by atoms with van der Waals surface area (Å²) < 4.78 is 56.3. The summed E-state index contributed by atoms with van der Waals surface area (Å²) in [5.74, 6) is 0. The van der Waals surface area contributed by atoms with Gasteiger partial charge in [0.25, 0.3) is 0 Å². The van der Waals surface area contributed by atoms with Crippen molar-refractivity contribution in [3.63, 3.8) is 0 Å². The van der Waals surface area contributed by atoms with Crippen LogP contribution < -0.4 is 0 Å². The average molecular weight is 360 g/mol. The second kappa shape index (κ2) is 5.51. The van der Waals surface area contributed by atoms with Crippen molar-refractivity contribution < 1.29 is 13.9 Å². The van der Waals surface area contributed by atoms with Gasteiger partial charge in [-0.05, 0) is 36.3 Å². The minimum absolute atomic E-state index is 0.0336. The third kappa shape index (κ3) is 3.01. The first-order chi connectivity index (χ1) is 10.5. The highest BCUT2D eigenvalue weighted by atomic mass is 35.5. The fourth-order valence-corrected chi connectivity index (χ4v) is 3.43. The van der Waals surface area contributed by atoms with Gasteiger partial charge in [-0.25, -0.2) is 8.42 Å². The lowest BCUT2D eigenvalue weighted by atomic mass is 10.3. The Morgan fingerprint density at radius 2 is 1.37 bits per heavy atom. The van der Waals surface area contributed by atoms with E-state index in [1.54, 1.807) is 0 Å². The molecular weight excluding hydrogens is 350 g/mol. The van der Waals surface area contributed by atoms with Gasteiger partial charge in [0.15, 0.2) is 0 Å². The van der Waals surface area contributed by atoms with E-state index in [-0.39, 0.29) is 15.1 Å². The monoisotopic (exact) mass is 358 g/mol. The van der Waals surface area contributed by atoms with Crippen LogP contribution in [0.5, 0.6) is 0 Å². The zero-order valence-corrected chi connectivity index (χ0v) is 12.7. The molecule has 0 fully saturated rings. The molecule has 2 aromatic rings. The number of hydrogen-bond acceptors (Lipinski definition) is 2. The molecule has 0 radical (unpaired) electrons. The Balaban J connectivity index is 2.89. The Hall–Kier alpha value is -0.450. The van der Waals surface area contributed by atoms with Crippen molar-refractivity contribution in [1.82, 2.24) is 0 Å². The fourth-order valence-electron chi connectivity index (χ4n) is 1.24. The van der Waals surface area contributed by atoms with E-state index in [4.69, 9.17) is 51.9 Å². The molecule has 0 spiro atoms. The molecule has 2 aromatic carbocycles. The molecule has 0 saturated heterocycles. The Morgan fingerprint density at radius 1 is 0.842 bits per heavy atom. The molecule has 2 rings (SSSR count). The Labute approximate surface area is 136 Å². The van der Waals surface area contributed by atoms with Gasteiger partial charge in [0.2, 0.25) is 9.84 Å². The number of sulfone groups is 1. The first-order valence-electron chi connectivity index (χ1n) is 6.65. The second-order valence-electron chi connectivity index (χ2n) is 3.34. The van der Waals surface area contributed by atoms with Gasteiger partial charge in [0.05, 0.1) is 30.3 Å². The smallest absolute Gasteiger partial charge is 0.208 e. The van der Waals surface area contributed by atoms with Crippen LogP contribution in [0.1, 0.15) is 5.48 Å². The topological polar surface area (TPSA) is 34.1 Å². The largest absolute Gasteiger partial charge is 0.218 e. The van der Waals surface area contributed by atoms with Crippen molar-refractivity contribution in [2.75, 3.05) is 0 Å². The van der Waals surface area contributed by atoms with Crippen LogP contribution in [0.3, 0.4) is 0 Å². The molecule has 0 bridgehead atoms. The number of benzene rings is 2. The molecule has 0 saturated carbocycles. The van der Waals surface area contributed by atoms with E-state index in [1.165, 1.54) is 0 Å². The van der Waals surface area contributed by atoms with Crippen LogP contribution in [-0.2, 0) is 9.84 Å². The van der Waals surface area contributed by atoms with E-state index >= 15 is 0 Å². The molecule has 0 heterocycles. The highest BCUT2D eigenvalue weighted by Gasteiger charge is 2.22. The van der Waals surface area contributed by atoms with Crippen LogP contribution in [0.4, 0.5) is 0 Å². The maximum atomic E-state index is 12.7. The Bertz CT molecular complexity index is 902. The average Bonchev–Trinajstić information content (AvgIpc) is 2.46. The summed E-state index contributed by atoms with van der Waals surface area (Å²) in [4.78, 5) is -1.31. The van der Waals surface area contributed by atoms with Crippen molar-refractivity contribution in [2.45, 2.75) is 9.79 Å². The van der Waals surface area contributed by atoms with E-state index in [0.717, 1.165) is 12.1 Å². The third-order valence-corrected chi connectivity index (χ3v) is 5.10. The quantitative estimate of drug-likeness (QED) is 0.696. The van der Waals surface area contributed by atoms with Gasteiger partial charge in [0.1, 0.15) is 0 Å². The molecule has 100 valence electrons. The highest BCUT2D eigenvalue weighted by molar-refractivity contribution is 7.91. The van der Waals surface area contributed by atoms with Gasteiger partial charge in [-0.1, -0.05) is 46.4 Å². The maximum Gasteiger partial charge on any atom is 0.208 e. The first kappa shape index (κ1) is 10.3. The van der Waals surface area contributed by atoms with Gasteiger partial charge in [-0.15, -0.1) is 0 Å². The minimum Gasteiger partial charge on any atom is -0.218 e. The standard InChI is InChI=1S/C12H6Cl4O2S/c13-7-1-3-8(4-2-7)19(17,18)12-6-10(15)9(14)5-11(12)16/h1-6H/i1D,2D,3D,4D. The lowest BCUT2D eigenvalue weighted by molar-refractivity contribution is 0.596. The lowest BCUT2D eigenvalue weighted by Gasteiger charge is -2.08. The summed E-state index contributed by atoms with van der Waals surface area (Å²) in [5.41, 5.74) is 0. The molecule has 0 aliphatic rings. The van der Waals surface area contributed by atoms with E-state index in [1.807, 2.05) is 0 Å². The van der Waals surface area contributed by atoms with E-state index in [2.05, 4.69) is 0 Å². The molecule has 7 heteroatoms. The Kier molecular flexibility index (Phi) is 2.98. The summed E-state index contributed by atoms with van der Waals surface area (Å²) in [6.45, 7) is 0. The Morgan fingerprint density at radius 3 is 1.95 bits per heavy atom. The van der Waals surface area contributed by atoms with E-state index in [9.17, 15) is 8.42 Å². The zero-order valence-electron chi connectivity index (χ0n) is 12.9. The van der Waals surface area contributed by atoms with Crippen LogP contribution in [0.15, 0.2) is 46.1 Å². The van der Waals surface area contributed by atoms with Gasteiger partial charge >= 0.3 is 0 Å².